The molecule has 3 heteroatoms. The lowest BCUT2D eigenvalue weighted by atomic mass is 9.86. The first-order valence-electron chi connectivity index (χ1n) is 7.63. The summed E-state index contributed by atoms with van der Waals surface area (Å²) in [5, 5.41) is 0. The van der Waals surface area contributed by atoms with Gasteiger partial charge in [0.25, 0.3) is 0 Å². The second-order valence-corrected chi connectivity index (χ2v) is 5.84. The van der Waals surface area contributed by atoms with Gasteiger partial charge in [0.1, 0.15) is 11.5 Å². The lowest BCUT2D eigenvalue weighted by Crippen LogP contribution is -2.21. The number of Topliss-reactive ketones (excluding diaryl/α,β-unsaturated/α-hetero) is 1. The number of hydrogen-bond donors (Lipinski definition) is 0. The van der Waals surface area contributed by atoms with E-state index < -0.39 is 0 Å². The van der Waals surface area contributed by atoms with E-state index in [1.807, 2.05) is 30.3 Å². The van der Waals surface area contributed by atoms with Gasteiger partial charge in [-0.2, -0.15) is 0 Å². The van der Waals surface area contributed by atoms with Crippen molar-refractivity contribution in [1.29, 1.82) is 0 Å². The van der Waals surface area contributed by atoms with Crippen LogP contribution in [0.4, 0.5) is 5.69 Å². The van der Waals surface area contributed by atoms with Crippen molar-refractivity contribution in [1.82, 2.24) is 0 Å². The van der Waals surface area contributed by atoms with Crippen molar-refractivity contribution in [2.24, 2.45) is 5.92 Å². The predicted molar refractivity (Wildman–Crippen MR) is 88.6 cm³/mol. The van der Waals surface area contributed by atoms with Crippen LogP contribution in [0.3, 0.4) is 0 Å². The molecule has 3 nitrogen and oxygen atoms in total. The van der Waals surface area contributed by atoms with Crippen LogP contribution in [0.2, 0.25) is 0 Å². The van der Waals surface area contributed by atoms with Crippen LogP contribution in [0.25, 0.3) is 0 Å². The van der Waals surface area contributed by atoms with Crippen LogP contribution in [0, 0.1) is 5.92 Å². The highest BCUT2D eigenvalue weighted by molar-refractivity contribution is 5.81. The normalized spacial score (nSPS) is 20.9. The minimum atomic E-state index is 0.0496. The van der Waals surface area contributed by atoms with Crippen LogP contribution in [-0.4, -0.2) is 26.0 Å². The second kappa shape index (κ2) is 6.22. The molecule has 2 aromatic rings. The average molecular weight is 295 g/mol. The maximum atomic E-state index is 12.1. The summed E-state index contributed by atoms with van der Waals surface area (Å²) in [6.07, 6.45) is 0. The molecule has 1 saturated heterocycles. The van der Waals surface area contributed by atoms with Crippen molar-refractivity contribution >= 4 is 11.5 Å². The SMILES string of the molecule is COc1ccc(C2CN(c3ccccc3)CC2C(C)=O)cc1. The molecule has 1 heterocycles. The molecule has 1 aliphatic rings. The molecule has 114 valence electrons. The quantitative estimate of drug-likeness (QED) is 0.864. The van der Waals surface area contributed by atoms with Gasteiger partial charge >= 0.3 is 0 Å². The number of rotatable bonds is 4. The monoisotopic (exact) mass is 295 g/mol. The Labute approximate surface area is 131 Å². The number of methoxy groups -OCH3 is 1. The lowest BCUT2D eigenvalue weighted by molar-refractivity contribution is -0.120. The van der Waals surface area contributed by atoms with Gasteiger partial charge in [-0.15, -0.1) is 0 Å². The molecular formula is C19H21NO2. The fraction of sp³-hybridized carbons (Fsp3) is 0.316. The molecule has 0 radical (unpaired) electrons. The molecule has 22 heavy (non-hydrogen) atoms. The molecule has 0 saturated carbocycles. The van der Waals surface area contributed by atoms with Crippen LogP contribution < -0.4 is 9.64 Å². The van der Waals surface area contributed by atoms with Crippen molar-refractivity contribution in [3.05, 3.63) is 60.2 Å². The highest BCUT2D eigenvalue weighted by atomic mass is 16.5. The largest absolute Gasteiger partial charge is 0.497 e. The van der Waals surface area contributed by atoms with Crippen molar-refractivity contribution in [2.45, 2.75) is 12.8 Å². The molecule has 0 amide bonds. The number of hydrogen-bond acceptors (Lipinski definition) is 3. The Kier molecular flexibility index (Phi) is 4.14. The summed E-state index contributed by atoms with van der Waals surface area (Å²) in [4.78, 5) is 14.4. The lowest BCUT2D eigenvalue weighted by Gasteiger charge is -2.18. The van der Waals surface area contributed by atoms with E-state index in [-0.39, 0.29) is 17.6 Å². The minimum absolute atomic E-state index is 0.0496. The molecule has 1 fully saturated rings. The third kappa shape index (κ3) is 2.84. The molecule has 0 spiro atoms. The first-order chi connectivity index (χ1) is 10.7. The fourth-order valence-corrected chi connectivity index (χ4v) is 3.25. The number of benzene rings is 2. The summed E-state index contributed by atoms with van der Waals surface area (Å²) < 4.78 is 5.22. The van der Waals surface area contributed by atoms with Gasteiger partial charge in [-0.25, -0.2) is 0 Å². The molecule has 0 aromatic heterocycles. The highest BCUT2D eigenvalue weighted by Gasteiger charge is 2.36. The van der Waals surface area contributed by atoms with Crippen molar-refractivity contribution < 1.29 is 9.53 Å². The van der Waals surface area contributed by atoms with Crippen molar-refractivity contribution in [2.75, 3.05) is 25.1 Å². The van der Waals surface area contributed by atoms with Gasteiger partial charge in [0.2, 0.25) is 0 Å². The zero-order chi connectivity index (χ0) is 15.5. The van der Waals surface area contributed by atoms with E-state index >= 15 is 0 Å². The average Bonchev–Trinajstić information content (AvgIpc) is 3.01. The molecule has 3 rings (SSSR count). The first-order valence-corrected chi connectivity index (χ1v) is 7.63. The Morgan fingerprint density at radius 2 is 1.73 bits per heavy atom. The Bertz CT molecular complexity index is 636. The van der Waals surface area contributed by atoms with E-state index in [1.54, 1.807) is 14.0 Å². The van der Waals surface area contributed by atoms with Gasteiger partial charge in [0.15, 0.2) is 0 Å². The molecule has 2 unspecified atom stereocenters. The molecular weight excluding hydrogens is 274 g/mol. The Balaban J connectivity index is 1.86. The second-order valence-electron chi connectivity index (χ2n) is 5.84. The number of carbonyl (C=O) groups excluding carboxylic acids is 1. The molecule has 0 N–H and O–H groups in total. The van der Waals surface area contributed by atoms with Gasteiger partial charge in [-0.05, 0) is 36.8 Å². The third-order valence-corrected chi connectivity index (χ3v) is 4.51. The zero-order valence-corrected chi connectivity index (χ0v) is 13.0. The Hall–Kier alpha value is -2.29. The Morgan fingerprint density at radius 3 is 2.32 bits per heavy atom. The van der Waals surface area contributed by atoms with E-state index in [9.17, 15) is 4.79 Å². The van der Waals surface area contributed by atoms with Gasteiger partial charge < -0.3 is 9.64 Å². The predicted octanol–water partition coefficient (Wildman–Crippen LogP) is 3.50. The number of ketones is 1. The summed E-state index contributed by atoms with van der Waals surface area (Å²) in [5.74, 6) is 1.40. The third-order valence-electron chi connectivity index (χ3n) is 4.51. The summed E-state index contributed by atoms with van der Waals surface area (Å²) in [6.45, 7) is 3.37. The number of anilines is 1. The standard InChI is InChI=1S/C19H21NO2/c1-14(21)18-12-20(16-6-4-3-5-7-16)13-19(18)15-8-10-17(22-2)11-9-15/h3-11,18-19H,12-13H2,1-2H3. The topological polar surface area (TPSA) is 29.5 Å². The molecule has 0 bridgehead atoms. The maximum absolute atomic E-state index is 12.1. The van der Waals surface area contributed by atoms with E-state index in [0.717, 1.165) is 18.8 Å². The van der Waals surface area contributed by atoms with Gasteiger partial charge in [0, 0.05) is 30.6 Å². The highest BCUT2D eigenvalue weighted by Crippen LogP contribution is 2.36. The maximum Gasteiger partial charge on any atom is 0.135 e. The van der Waals surface area contributed by atoms with Crippen molar-refractivity contribution in [3.8, 4) is 5.75 Å². The van der Waals surface area contributed by atoms with E-state index in [1.165, 1.54) is 11.3 Å². The van der Waals surface area contributed by atoms with Crippen LogP contribution >= 0.6 is 0 Å². The van der Waals surface area contributed by atoms with Gasteiger partial charge in [0.05, 0.1) is 7.11 Å². The molecule has 0 aliphatic carbocycles. The van der Waals surface area contributed by atoms with Crippen LogP contribution in [0.5, 0.6) is 5.75 Å². The summed E-state index contributed by atoms with van der Waals surface area (Å²) in [6, 6.07) is 18.4. The summed E-state index contributed by atoms with van der Waals surface area (Å²) in [7, 11) is 1.67. The van der Waals surface area contributed by atoms with E-state index in [0.29, 0.717) is 0 Å². The fourth-order valence-electron chi connectivity index (χ4n) is 3.25. The van der Waals surface area contributed by atoms with Crippen LogP contribution in [0.15, 0.2) is 54.6 Å². The number of nitrogens with zero attached hydrogens (tertiary/aromatic N) is 1. The van der Waals surface area contributed by atoms with Gasteiger partial charge in [-0.1, -0.05) is 30.3 Å². The number of para-hydroxylation sites is 1. The zero-order valence-electron chi connectivity index (χ0n) is 13.0. The van der Waals surface area contributed by atoms with Crippen LogP contribution in [0.1, 0.15) is 18.4 Å². The molecule has 2 atom stereocenters. The summed E-state index contributed by atoms with van der Waals surface area (Å²) in [5.41, 5.74) is 2.39. The van der Waals surface area contributed by atoms with E-state index in [4.69, 9.17) is 4.74 Å². The minimum Gasteiger partial charge on any atom is -0.497 e. The van der Waals surface area contributed by atoms with Crippen molar-refractivity contribution in [3.63, 3.8) is 0 Å². The van der Waals surface area contributed by atoms with E-state index in [2.05, 4.69) is 29.2 Å². The Morgan fingerprint density at radius 1 is 1.05 bits per heavy atom. The number of carbonyl (C=O) groups is 1. The molecule has 1 aliphatic heterocycles. The van der Waals surface area contributed by atoms with Crippen LogP contribution in [-0.2, 0) is 4.79 Å². The number of ether oxygens (including phenoxy) is 1. The molecule has 2 aromatic carbocycles. The summed E-state index contributed by atoms with van der Waals surface area (Å²) >= 11 is 0. The first kappa shape index (κ1) is 14.6. The smallest absolute Gasteiger partial charge is 0.135 e. The van der Waals surface area contributed by atoms with Gasteiger partial charge in [-0.3, -0.25) is 4.79 Å².